The Kier molecular flexibility index (Phi) is 6.69. The van der Waals surface area contributed by atoms with Gasteiger partial charge < -0.3 is 46.6 Å². The molecule has 226 valence electrons. The van der Waals surface area contributed by atoms with E-state index in [1.807, 2.05) is 0 Å². The van der Waals surface area contributed by atoms with E-state index in [0.29, 0.717) is 56.8 Å². The largest absolute Gasteiger partial charge is 0.465 e. The van der Waals surface area contributed by atoms with Crippen molar-refractivity contribution in [2.45, 2.75) is 100 Å². The predicted molar refractivity (Wildman–Crippen MR) is 146 cm³/mol. The highest BCUT2D eigenvalue weighted by Gasteiger charge is 2.61. The highest BCUT2D eigenvalue weighted by Crippen LogP contribution is 2.61. The van der Waals surface area contributed by atoms with Crippen LogP contribution in [0.15, 0.2) is 0 Å². The van der Waals surface area contributed by atoms with Crippen molar-refractivity contribution in [3.63, 3.8) is 0 Å². The van der Waals surface area contributed by atoms with Crippen LogP contribution in [0.4, 0.5) is 0 Å². The van der Waals surface area contributed by atoms with Crippen molar-refractivity contribution < 1.29 is 28.5 Å². The van der Waals surface area contributed by atoms with Gasteiger partial charge in [0.2, 0.25) is 0 Å². The molecule has 0 aromatic heterocycles. The molecule has 3 atom stereocenters. The highest BCUT2D eigenvalue weighted by atomic mass is 16.7. The molecule has 10 heteroatoms. The van der Waals surface area contributed by atoms with Crippen molar-refractivity contribution >= 4 is 5.97 Å². The van der Waals surface area contributed by atoms with E-state index in [9.17, 15) is 4.79 Å². The molecule has 8 aliphatic rings. The van der Waals surface area contributed by atoms with Crippen molar-refractivity contribution in [2.24, 2.45) is 69.8 Å². The van der Waals surface area contributed by atoms with Crippen LogP contribution in [0.1, 0.15) is 77.6 Å². The minimum atomic E-state index is -1.41. The molecule has 2 spiro atoms. The minimum Gasteiger partial charge on any atom is -0.465 e. The molecule has 6 bridgehead atoms. The average molecular weight is 563 g/mol. The van der Waals surface area contributed by atoms with E-state index in [4.69, 9.17) is 46.6 Å². The van der Waals surface area contributed by atoms with Gasteiger partial charge in [-0.05, 0) is 82.0 Å². The second-order valence-electron chi connectivity index (χ2n) is 15.0. The third-order valence-corrected chi connectivity index (χ3v) is 12.4. The van der Waals surface area contributed by atoms with E-state index in [-0.39, 0.29) is 36.8 Å². The molecule has 2 heterocycles. The van der Waals surface area contributed by atoms with Gasteiger partial charge in [0.25, 0.3) is 0 Å². The number of hydrogen-bond donors (Lipinski definition) is 4. The Labute approximate surface area is 237 Å². The van der Waals surface area contributed by atoms with Gasteiger partial charge in [0.1, 0.15) is 11.3 Å². The molecule has 0 aromatic rings. The van der Waals surface area contributed by atoms with Gasteiger partial charge in [0, 0.05) is 30.1 Å². The van der Waals surface area contributed by atoms with Crippen molar-refractivity contribution in [3.05, 3.63) is 0 Å². The second kappa shape index (κ2) is 9.58. The summed E-state index contributed by atoms with van der Waals surface area (Å²) in [5.41, 5.74) is 21.5. The molecule has 2 saturated heterocycles. The summed E-state index contributed by atoms with van der Waals surface area (Å²) in [6.45, 7) is 3.61. The summed E-state index contributed by atoms with van der Waals surface area (Å²) in [6.07, 6.45) is 11.1. The third-order valence-electron chi connectivity index (χ3n) is 12.4. The number of carbonyl (C=O) groups excluding carboxylic acids is 1. The summed E-state index contributed by atoms with van der Waals surface area (Å²) in [5, 5.41) is 0. The van der Waals surface area contributed by atoms with Crippen LogP contribution in [0.25, 0.3) is 0 Å². The number of hydrogen-bond acceptors (Lipinski definition) is 10. The lowest BCUT2D eigenvalue weighted by Crippen LogP contribution is -2.79. The topological polar surface area (TPSA) is 167 Å². The Hall–Kier alpha value is -0.850. The third kappa shape index (κ3) is 4.31. The molecule has 8 N–H and O–H groups in total. The first-order chi connectivity index (χ1) is 19.0. The lowest BCUT2D eigenvalue weighted by atomic mass is 9.53. The molecule has 8 rings (SSSR count). The number of esters is 1. The molecule has 6 aliphatic carbocycles. The van der Waals surface area contributed by atoms with Gasteiger partial charge in [0.15, 0.2) is 11.6 Å². The zero-order chi connectivity index (χ0) is 28.0. The van der Waals surface area contributed by atoms with Gasteiger partial charge in [-0.1, -0.05) is 6.92 Å². The van der Waals surface area contributed by atoms with E-state index in [0.717, 1.165) is 31.1 Å². The number of fused-ring (bicyclic) bond motifs is 3. The van der Waals surface area contributed by atoms with Crippen molar-refractivity contribution in [2.75, 3.05) is 33.0 Å². The van der Waals surface area contributed by atoms with Gasteiger partial charge in [-0.25, -0.2) is 0 Å². The van der Waals surface area contributed by atoms with Crippen LogP contribution in [-0.2, 0) is 28.5 Å². The van der Waals surface area contributed by atoms with Crippen molar-refractivity contribution in [3.8, 4) is 0 Å². The zero-order valence-corrected chi connectivity index (χ0v) is 24.1. The van der Waals surface area contributed by atoms with Crippen LogP contribution in [0.3, 0.4) is 0 Å². The van der Waals surface area contributed by atoms with Crippen LogP contribution in [0, 0.1) is 46.8 Å². The van der Waals surface area contributed by atoms with Crippen LogP contribution < -0.4 is 22.9 Å². The van der Waals surface area contributed by atoms with Gasteiger partial charge >= 0.3 is 5.97 Å². The first-order valence-electron chi connectivity index (χ1n) is 15.9. The summed E-state index contributed by atoms with van der Waals surface area (Å²) in [6, 6.07) is 0. The van der Waals surface area contributed by atoms with E-state index in [1.54, 1.807) is 0 Å². The summed E-state index contributed by atoms with van der Waals surface area (Å²) < 4.78 is 31.9. The molecule has 3 unspecified atom stereocenters. The van der Waals surface area contributed by atoms with E-state index >= 15 is 0 Å². The van der Waals surface area contributed by atoms with Crippen LogP contribution >= 0.6 is 0 Å². The molecule has 0 aromatic carbocycles. The molecule has 8 fully saturated rings. The molecule has 40 heavy (non-hydrogen) atoms. The SMILES string of the molecule is CCC1(C(=O)OCC2COC3(OC2)C2CC4CC(C2)CC3C4)CC2CCC3(OCC(N)(N)C(N)(N)CO3)C(C2)C1. The van der Waals surface area contributed by atoms with Crippen molar-refractivity contribution in [1.29, 1.82) is 0 Å². The predicted octanol–water partition coefficient (Wildman–Crippen LogP) is 1.92. The molecule has 0 amide bonds. The van der Waals surface area contributed by atoms with Crippen molar-refractivity contribution in [1.82, 2.24) is 0 Å². The smallest absolute Gasteiger partial charge is 0.312 e. The second-order valence-corrected chi connectivity index (χ2v) is 15.0. The highest BCUT2D eigenvalue weighted by molar-refractivity contribution is 5.77. The maximum absolute atomic E-state index is 13.8. The molecule has 2 aliphatic heterocycles. The summed E-state index contributed by atoms with van der Waals surface area (Å²) in [5.74, 6) is 1.89. The molecular weight excluding hydrogens is 512 g/mol. The fourth-order valence-electron chi connectivity index (χ4n) is 9.96. The fraction of sp³-hybridized carbons (Fsp3) is 0.967. The number of rotatable bonds is 4. The maximum Gasteiger partial charge on any atom is 0.312 e. The number of carbonyl (C=O) groups is 1. The van der Waals surface area contributed by atoms with Gasteiger partial charge in [-0.3, -0.25) is 4.79 Å². The standard InChI is InChI=1S/C30H50N4O6/c1-2-26(11-18-3-4-27(24(6-18)12-26)39-16-28(31,32)29(33,34)17-40-27)25(35)36-13-21-14-37-30(38-15-21)22-7-19-5-20(9-22)10-23(30)8-19/h18-24H,2-17,31-34H2,1H3. The lowest BCUT2D eigenvalue weighted by molar-refractivity contribution is -0.369. The monoisotopic (exact) mass is 562 g/mol. The normalized spacial score (nSPS) is 48.2. The molecule has 10 nitrogen and oxygen atoms in total. The Bertz CT molecular complexity index is 949. The molecule has 0 radical (unpaired) electrons. The van der Waals surface area contributed by atoms with Crippen LogP contribution in [0.2, 0.25) is 0 Å². The van der Waals surface area contributed by atoms with E-state index in [1.165, 1.54) is 32.1 Å². The molecule has 6 saturated carbocycles. The van der Waals surface area contributed by atoms with Crippen LogP contribution in [-0.4, -0.2) is 61.9 Å². The fourth-order valence-corrected chi connectivity index (χ4v) is 9.96. The minimum absolute atomic E-state index is 0.00304. The van der Waals surface area contributed by atoms with Gasteiger partial charge in [0.05, 0.1) is 38.4 Å². The summed E-state index contributed by atoms with van der Waals surface area (Å²) in [7, 11) is 0. The Balaban J connectivity index is 0.986. The Morgan fingerprint density at radius 1 is 0.775 bits per heavy atom. The number of ether oxygens (including phenoxy) is 5. The quantitative estimate of drug-likeness (QED) is 0.293. The summed E-state index contributed by atoms with van der Waals surface area (Å²) in [4.78, 5) is 13.8. The molecular formula is C30H50N4O6. The Morgan fingerprint density at radius 3 is 1.93 bits per heavy atom. The van der Waals surface area contributed by atoms with Crippen LogP contribution in [0.5, 0.6) is 0 Å². The van der Waals surface area contributed by atoms with Gasteiger partial charge in [-0.2, -0.15) is 0 Å². The van der Waals surface area contributed by atoms with E-state index in [2.05, 4.69) is 6.92 Å². The Morgan fingerprint density at radius 2 is 1.35 bits per heavy atom. The number of nitrogens with two attached hydrogens (primary N) is 4. The van der Waals surface area contributed by atoms with E-state index < -0.39 is 22.5 Å². The maximum atomic E-state index is 13.8. The first kappa shape index (κ1) is 28.0. The van der Waals surface area contributed by atoms with Gasteiger partial charge in [-0.15, -0.1) is 0 Å². The zero-order valence-electron chi connectivity index (χ0n) is 24.1. The lowest BCUT2D eigenvalue weighted by Gasteiger charge is -2.61. The first-order valence-corrected chi connectivity index (χ1v) is 15.9. The average Bonchev–Trinajstić information content (AvgIpc) is 3.02. The summed E-state index contributed by atoms with van der Waals surface area (Å²) >= 11 is 0.